The fraction of sp³-hybridized carbons (Fsp3) is 0.706. The molecule has 7 heteroatoms. The molecule has 2 rings (SSSR count). The molecule has 138 valence electrons. The van der Waals surface area contributed by atoms with Crippen molar-refractivity contribution in [3.8, 4) is 0 Å². The average molecular weight is 467 g/mol. The van der Waals surface area contributed by atoms with E-state index in [-0.39, 0.29) is 36.1 Å². The fourth-order valence-electron chi connectivity index (χ4n) is 2.51. The Bertz CT molecular complexity index is 464. The predicted octanol–water partition coefficient (Wildman–Crippen LogP) is 2.90. The van der Waals surface area contributed by atoms with E-state index < -0.39 is 0 Å². The molecule has 24 heavy (non-hydrogen) atoms. The lowest BCUT2D eigenvalue weighted by Crippen LogP contribution is -2.45. The van der Waals surface area contributed by atoms with Gasteiger partial charge in [-0.15, -0.1) is 35.3 Å². The van der Waals surface area contributed by atoms with Crippen molar-refractivity contribution in [2.24, 2.45) is 10.9 Å². The maximum atomic E-state index is 5.84. The van der Waals surface area contributed by atoms with Crippen LogP contribution in [0.3, 0.4) is 0 Å². The predicted molar refractivity (Wildman–Crippen MR) is 112 cm³/mol. The molecule has 1 aromatic heterocycles. The van der Waals surface area contributed by atoms with Gasteiger partial charge in [0.15, 0.2) is 5.96 Å². The van der Waals surface area contributed by atoms with Crippen molar-refractivity contribution in [3.05, 3.63) is 22.4 Å². The highest BCUT2D eigenvalue weighted by molar-refractivity contribution is 14.0. The van der Waals surface area contributed by atoms with E-state index in [1.54, 1.807) is 7.05 Å². The Morgan fingerprint density at radius 2 is 2.33 bits per heavy atom. The van der Waals surface area contributed by atoms with E-state index in [4.69, 9.17) is 9.47 Å². The number of halogens is 1. The zero-order valence-corrected chi connectivity index (χ0v) is 17.9. The molecule has 2 heterocycles. The summed E-state index contributed by atoms with van der Waals surface area (Å²) in [5.41, 5.74) is 0. The molecule has 1 aliphatic rings. The van der Waals surface area contributed by atoms with Crippen LogP contribution in [0, 0.1) is 5.92 Å². The average Bonchev–Trinajstić information content (AvgIpc) is 3.22. The number of thiophene rings is 1. The van der Waals surface area contributed by atoms with Gasteiger partial charge in [-0.05, 0) is 37.1 Å². The van der Waals surface area contributed by atoms with Gasteiger partial charge in [0.25, 0.3) is 0 Å². The van der Waals surface area contributed by atoms with E-state index in [1.807, 2.05) is 11.3 Å². The van der Waals surface area contributed by atoms with Gasteiger partial charge in [0.05, 0.1) is 19.3 Å². The Hall–Kier alpha value is -0.380. The van der Waals surface area contributed by atoms with Gasteiger partial charge in [0.1, 0.15) is 0 Å². The number of aliphatic imine (C=N–C) groups is 1. The van der Waals surface area contributed by atoms with Crippen LogP contribution in [0.15, 0.2) is 22.5 Å². The normalized spacial score (nSPS) is 20.3. The van der Waals surface area contributed by atoms with Crippen molar-refractivity contribution in [3.63, 3.8) is 0 Å². The van der Waals surface area contributed by atoms with Gasteiger partial charge >= 0.3 is 0 Å². The number of nitrogens with zero attached hydrogens (tertiary/aromatic N) is 1. The largest absolute Gasteiger partial charge is 0.379 e. The fourth-order valence-corrected chi connectivity index (χ4v) is 3.38. The summed E-state index contributed by atoms with van der Waals surface area (Å²) < 4.78 is 11.2. The van der Waals surface area contributed by atoms with Gasteiger partial charge in [-0.1, -0.05) is 13.0 Å². The van der Waals surface area contributed by atoms with Crippen LogP contribution in [0.2, 0.25) is 0 Å². The van der Waals surface area contributed by atoms with Gasteiger partial charge < -0.3 is 20.1 Å². The zero-order chi connectivity index (χ0) is 16.5. The summed E-state index contributed by atoms with van der Waals surface area (Å²) >= 11 is 1.82. The van der Waals surface area contributed by atoms with Gasteiger partial charge in [0.2, 0.25) is 0 Å². The molecule has 3 atom stereocenters. The summed E-state index contributed by atoms with van der Waals surface area (Å²) in [6, 6.07) is 4.52. The molecule has 1 saturated heterocycles. The molecule has 0 bridgehead atoms. The second-order valence-corrected chi connectivity index (χ2v) is 7.24. The molecule has 3 unspecified atom stereocenters. The van der Waals surface area contributed by atoms with Crippen molar-refractivity contribution in [1.82, 2.24) is 10.6 Å². The van der Waals surface area contributed by atoms with Crippen LogP contribution in [0.25, 0.3) is 0 Å². The molecule has 1 aliphatic heterocycles. The lowest BCUT2D eigenvalue weighted by atomic mass is 10.1. The number of ether oxygens (including phenoxy) is 2. The number of hydrogen-bond donors (Lipinski definition) is 2. The number of hydrogen-bond acceptors (Lipinski definition) is 4. The van der Waals surface area contributed by atoms with Crippen molar-refractivity contribution in [1.29, 1.82) is 0 Å². The van der Waals surface area contributed by atoms with Gasteiger partial charge in [0, 0.05) is 31.1 Å². The molecular weight excluding hydrogens is 437 g/mol. The third-order valence-electron chi connectivity index (χ3n) is 3.82. The minimum Gasteiger partial charge on any atom is -0.379 e. The van der Waals surface area contributed by atoms with E-state index in [0.717, 1.165) is 38.6 Å². The molecule has 0 spiro atoms. The maximum absolute atomic E-state index is 5.84. The van der Waals surface area contributed by atoms with Crippen LogP contribution in [0.4, 0.5) is 0 Å². The van der Waals surface area contributed by atoms with Crippen molar-refractivity contribution < 1.29 is 9.47 Å². The first kappa shape index (κ1) is 21.7. The minimum absolute atomic E-state index is 0. The van der Waals surface area contributed by atoms with Crippen molar-refractivity contribution in [2.45, 2.75) is 38.8 Å². The van der Waals surface area contributed by atoms with Crippen molar-refractivity contribution in [2.75, 3.05) is 33.4 Å². The van der Waals surface area contributed by atoms with E-state index in [1.165, 1.54) is 4.88 Å². The lowest BCUT2D eigenvalue weighted by molar-refractivity contribution is 0.0347. The molecule has 1 aromatic rings. The number of guanidine groups is 1. The molecule has 0 saturated carbocycles. The van der Waals surface area contributed by atoms with Crippen LogP contribution in [-0.2, 0) is 15.9 Å². The summed E-state index contributed by atoms with van der Waals surface area (Å²) in [6.45, 7) is 7.48. The van der Waals surface area contributed by atoms with Gasteiger partial charge in [-0.2, -0.15) is 0 Å². The van der Waals surface area contributed by atoms with E-state index >= 15 is 0 Å². The van der Waals surface area contributed by atoms with E-state index in [0.29, 0.717) is 12.5 Å². The third-order valence-corrected chi connectivity index (χ3v) is 4.72. The third kappa shape index (κ3) is 8.13. The molecule has 0 amide bonds. The van der Waals surface area contributed by atoms with Crippen LogP contribution >= 0.6 is 35.3 Å². The molecule has 1 fully saturated rings. The smallest absolute Gasteiger partial charge is 0.191 e. The molecule has 0 radical (unpaired) electrons. The van der Waals surface area contributed by atoms with E-state index in [2.05, 4.69) is 47.0 Å². The van der Waals surface area contributed by atoms with Crippen LogP contribution in [-0.4, -0.2) is 51.5 Å². The lowest BCUT2D eigenvalue weighted by Gasteiger charge is -2.21. The summed E-state index contributed by atoms with van der Waals surface area (Å²) in [5.74, 6) is 1.40. The summed E-state index contributed by atoms with van der Waals surface area (Å²) in [6.07, 6.45) is 2.35. The molecule has 5 nitrogen and oxygen atoms in total. The Kier molecular flexibility index (Phi) is 10.9. The Morgan fingerprint density at radius 3 is 2.96 bits per heavy atom. The summed E-state index contributed by atoms with van der Waals surface area (Å²) in [7, 11) is 1.80. The first-order chi connectivity index (χ1) is 11.2. The second kappa shape index (κ2) is 12.1. The van der Waals surface area contributed by atoms with Crippen LogP contribution in [0.5, 0.6) is 0 Å². The highest BCUT2D eigenvalue weighted by atomic mass is 127. The Labute approximate surface area is 166 Å². The highest BCUT2D eigenvalue weighted by Gasteiger charge is 2.17. The van der Waals surface area contributed by atoms with Gasteiger partial charge in [-0.25, -0.2) is 0 Å². The standard InChI is InChI=1S/C17H29N3O2S.HI/c1-13(9-16-5-4-8-23-16)10-19-17(18-3)20-14(2)11-22-15-6-7-21-12-15;/h4-5,8,13-15H,6-7,9-12H2,1-3H3,(H2,18,19,20);1H. The Morgan fingerprint density at radius 1 is 1.50 bits per heavy atom. The second-order valence-electron chi connectivity index (χ2n) is 6.21. The van der Waals surface area contributed by atoms with Crippen LogP contribution in [0.1, 0.15) is 25.1 Å². The molecular formula is C17H30IN3O2S. The number of rotatable bonds is 8. The summed E-state index contributed by atoms with van der Waals surface area (Å²) in [5, 5.41) is 8.92. The SMILES string of the molecule is CN=C(NCC(C)Cc1cccs1)NC(C)COC1CCOC1.I. The first-order valence-corrected chi connectivity index (χ1v) is 9.24. The van der Waals surface area contributed by atoms with Crippen LogP contribution < -0.4 is 10.6 Å². The monoisotopic (exact) mass is 467 g/mol. The molecule has 0 aliphatic carbocycles. The zero-order valence-electron chi connectivity index (χ0n) is 14.8. The topological polar surface area (TPSA) is 54.9 Å². The summed E-state index contributed by atoms with van der Waals surface area (Å²) in [4.78, 5) is 5.73. The maximum Gasteiger partial charge on any atom is 0.191 e. The highest BCUT2D eigenvalue weighted by Crippen LogP contribution is 2.13. The Balaban J connectivity index is 0.00000288. The quantitative estimate of drug-likeness (QED) is 0.351. The molecule has 2 N–H and O–H groups in total. The van der Waals surface area contributed by atoms with E-state index in [9.17, 15) is 0 Å². The van der Waals surface area contributed by atoms with Gasteiger partial charge in [-0.3, -0.25) is 4.99 Å². The minimum atomic E-state index is 0. The van der Waals surface area contributed by atoms with Crippen molar-refractivity contribution >= 4 is 41.3 Å². The first-order valence-electron chi connectivity index (χ1n) is 8.36. The molecule has 0 aromatic carbocycles. The number of nitrogens with one attached hydrogen (secondary N) is 2.